The molecule has 2 aromatic heterocycles. The van der Waals surface area contributed by atoms with Crippen molar-refractivity contribution in [2.24, 2.45) is 0 Å². The molecule has 1 N–H and O–H groups in total. The molecule has 8 heteroatoms. The number of fused-ring (bicyclic) bond motifs is 1. The Morgan fingerprint density at radius 1 is 1.50 bits per heavy atom. The first kappa shape index (κ1) is 15.7. The van der Waals surface area contributed by atoms with Crippen molar-refractivity contribution < 1.29 is 8.42 Å². The molecule has 3 heterocycles. The monoisotopic (exact) mass is 340 g/mol. The molecule has 0 bridgehead atoms. The van der Waals surface area contributed by atoms with Gasteiger partial charge in [-0.25, -0.2) is 18.1 Å². The van der Waals surface area contributed by atoms with Gasteiger partial charge in [0.25, 0.3) is 0 Å². The molecule has 0 unspecified atom stereocenters. The predicted octanol–water partition coefficient (Wildman–Crippen LogP) is 1.44. The van der Waals surface area contributed by atoms with Crippen molar-refractivity contribution in [2.45, 2.75) is 25.6 Å². The van der Waals surface area contributed by atoms with E-state index in [0.717, 1.165) is 26.1 Å². The largest absolute Gasteiger partial charge is 0.329 e. The number of rotatable bonds is 6. The lowest BCUT2D eigenvalue weighted by molar-refractivity contribution is 0.173. The molecule has 0 saturated carbocycles. The van der Waals surface area contributed by atoms with Gasteiger partial charge in [-0.3, -0.25) is 4.90 Å². The van der Waals surface area contributed by atoms with E-state index < -0.39 is 10.0 Å². The third kappa shape index (κ3) is 3.95. The van der Waals surface area contributed by atoms with Gasteiger partial charge in [-0.1, -0.05) is 6.07 Å². The Morgan fingerprint density at radius 3 is 3.09 bits per heavy atom. The molecule has 0 saturated heterocycles. The molecule has 0 radical (unpaired) electrons. The highest BCUT2D eigenvalue weighted by Gasteiger charge is 2.25. The Kier molecular flexibility index (Phi) is 4.62. The average Bonchev–Trinajstić information content (AvgIpc) is 3.08. The van der Waals surface area contributed by atoms with Crippen LogP contribution in [0.15, 0.2) is 30.0 Å². The molecule has 0 fully saturated rings. The van der Waals surface area contributed by atoms with Gasteiger partial charge < -0.3 is 4.57 Å². The van der Waals surface area contributed by atoms with Crippen LogP contribution in [0.4, 0.5) is 0 Å². The average molecular weight is 340 g/mol. The summed E-state index contributed by atoms with van der Waals surface area (Å²) in [5, 5.41) is 2.09. The number of imidazole rings is 1. The smallest absolute Gasteiger partial charge is 0.208 e. The van der Waals surface area contributed by atoms with E-state index in [9.17, 15) is 8.42 Å². The van der Waals surface area contributed by atoms with E-state index in [1.165, 1.54) is 16.8 Å². The van der Waals surface area contributed by atoms with Crippen molar-refractivity contribution in [3.63, 3.8) is 0 Å². The second-order valence-corrected chi connectivity index (χ2v) is 8.52. The van der Waals surface area contributed by atoms with Crippen LogP contribution >= 0.6 is 11.3 Å². The van der Waals surface area contributed by atoms with Crippen LogP contribution < -0.4 is 4.72 Å². The van der Waals surface area contributed by atoms with Crippen molar-refractivity contribution in [1.82, 2.24) is 19.2 Å². The third-order valence-electron chi connectivity index (χ3n) is 3.80. The maximum atomic E-state index is 11.2. The van der Waals surface area contributed by atoms with E-state index in [0.29, 0.717) is 6.54 Å². The quantitative estimate of drug-likeness (QED) is 0.864. The van der Waals surface area contributed by atoms with Gasteiger partial charge in [-0.15, -0.1) is 11.3 Å². The van der Waals surface area contributed by atoms with Gasteiger partial charge in [0, 0.05) is 43.3 Å². The van der Waals surface area contributed by atoms with E-state index in [1.807, 2.05) is 12.5 Å². The van der Waals surface area contributed by atoms with Crippen LogP contribution in [0.5, 0.6) is 0 Å². The molecule has 22 heavy (non-hydrogen) atoms. The fraction of sp³-hybridized carbons (Fsp3) is 0.500. The maximum Gasteiger partial charge on any atom is 0.208 e. The summed E-state index contributed by atoms with van der Waals surface area (Å²) < 4.78 is 27.2. The molecule has 0 amide bonds. The Bertz CT molecular complexity index is 709. The number of hydrogen-bond acceptors (Lipinski definition) is 5. The van der Waals surface area contributed by atoms with Gasteiger partial charge in [0.1, 0.15) is 0 Å². The van der Waals surface area contributed by atoms with Gasteiger partial charge in [-0.2, -0.15) is 0 Å². The molecule has 0 spiro atoms. The minimum absolute atomic E-state index is 0.250. The van der Waals surface area contributed by atoms with E-state index in [2.05, 4.69) is 36.7 Å². The summed E-state index contributed by atoms with van der Waals surface area (Å²) in [5.41, 5.74) is 1.19. The lowest BCUT2D eigenvalue weighted by Gasteiger charge is -2.34. The highest BCUT2D eigenvalue weighted by Crippen LogP contribution is 2.25. The van der Waals surface area contributed by atoms with Crippen LogP contribution in [0.2, 0.25) is 0 Å². The summed E-state index contributed by atoms with van der Waals surface area (Å²) in [6.45, 7) is 3.17. The Labute approximate surface area is 134 Å². The third-order valence-corrected chi connectivity index (χ3v) is 5.39. The summed E-state index contributed by atoms with van der Waals surface area (Å²) in [6.07, 6.45) is 5.71. The standard InChI is InChI=1S/C14H20N4O2S2/c1-22(19,20)16-5-4-12-8-17(10-14-3-2-6-21-14)9-13-7-15-11-18(12)13/h2-3,6-7,11-12,16H,4-5,8-10H2,1H3/t12-/m0/s1. The molecule has 0 aliphatic carbocycles. The summed E-state index contributed by atoms with van der Waals surface area (Å²) in [6, 6.07) is 4.47. The van der Waals surface area contributed by atoms with Crippen LogP contribution in [0.1, 0.15) is 23.0 Å². The minimum Gasteiger partial charge on any atom is -0.329 e. The first-order valence-corrected chi connectivity index (χ1v) is 9.98. The zero-order valence-electron chi connectivity index (χ0n) is 12.5. The van der Waals surface area contributed by atoms with E-state index in [-0.39, 0.29) is 6.04 Å². The topological polar surface area (TPSA) is 67.2 Å². The molecule has 3 rings (SSSR count). The Balaban J connectivity index is 1.66. The molecular formula is C14H20N4O2S2. The van der Waals surface area contributed by atoms with Gasteiger partial charge >= 0.3 is 0 Å². The fourth-order valence-corrected chi connectivity index (χ4v) is 4.08. The van der Waals surface area contributed by atoms with Gasteiger partial charge in [0.15, 0.2) is 0 Å². The van der Waals surface area contributed by atoms with Crippen LogP contribution in [0.25, 0.3) is 0 Å². The van der Waals surface area contributed by atoms with Crippen molar-refractivity contribution >= 4 is 21.4 Å². The van der Waals surface area contributed by atoms with Crippen LogP contribution in [-0.4, -0.2) is 42.2 Å². The fourth-order valence-electron chi connectivity index (χ4n) is 2.85. The first-order valence-electron chi connectivity index (χ1n) is 7.21. The van der Waals surface area contributed by atoms with Crippen LogP contribution in [0.3, 0.4) is 0 Å². The number of sulfonamides is 1. The molecule has 6 nitrogen and oxygen atoms in total. The van der Waals surface area contributed by atoms with Crippen molar-refractivity contribution in [1.29, 1.82) is 0 Å². The number of nitrogens with zero attached hydrogens (tertiary/aromatic N) is 3. The lowest BCUT2D eigenvalue weighted by atomic mass is 10.1. The molecule has 0 aromatic carbocycles. The molecule has 1 aliphatic rings. The first-order chi connectivity index (χ1) is 10.5. The summed E-state index contributed by atoms with van der Waals surface area (Å²) in [4.78, 5) is 7.99. The second-order valence-electron chi connectivity index (χ2n) is 5.65. The van der Waals surface area contributed by atoms with E-state index >= 15 is 0 Å². The number of hydrogen-bond donors (Lipinski definition) is 1. The SMILES string of the molecule is CS(=O)(=O)NCC[C@H]1CN(Cc2cccs2)Cc2cncn21. The van der Waals surface area contributed by atoms with Gasteiger partial charge in [-0.05, 0) is 17.9 Å². The number of aromatic nitrogens is 2. The lowest BCUT2D eigenvalue weighted by Crippen LogP contribution is -2.38. The van der Waals surface area contributed by atoms with Crippen molar-refractivity contribution in [3.8, 4) is 0 Å². The summed E-state index contributed by atoms with van der Waals surface area (Å²) in [5.74, 6) is 0. The molecular weight excluding hydrogens is 320 g/mol. The predicted molar refractivity (Wildman–Crippen MR) is 87.2 cm³/mol. The summed E-state index contributed by atoms with van der Waals surface area (Å²) in [7, 11) is -3.13. The molecule has 1 atom stereocenters. The molecule has 120 valence electrons. The maximum absolute atomic E-state index is 11.2. The minimum atomic E-state index is -3.13. The van der Waals surface area contributed by atoms with Crippen LogP contribution in [0, 0.1) is 0 Å². The van der Waals surface area contributed by atoms with Crippen molar-refractivity contribution in [3.05, 3.63) is 40.6 Å². The Morgan fingerprint density at radius 2 is 2.36 bits per heavy atom. The van der Waals surface area contributed by atoms with Crippen LogP contribution in [-0.2, 0) is 23.1 Å². The highest BCUT2D eigenvalue weighted by molar-refractivity contribution is 7.88. The van der Waals surface area contributed by atoms with E-state index in [4.69, 9.17) is 0 Å². The Hall–Kier alpha value is -1.22. The number of thiophene rings is 1. The highest BCUT2D eigenvalue weighted by atomic mass is 32.2. The second kappa shape index (κ2) is 6.49. The van der Waals surface area contributed by atoms with E-state index in [1.54, 1.807) is 11.3 Å². The molecule has 2 aromatic rings. The van der Waals surface area contributed by atoms with Gasteiger partial charge in [0.05, 0.1) is 18.3 Å². The normalized spacial score (nSPS) is 19.2. The summed E-state index contributed by atoms with van der Waals surface area (Å²) >= 11 is 1.77. The van der Waals surface area contributed by atoms with Crippen molar-refractivity contribution in [2.75, 3.05) is 19.3 Å². The zero-order chi connectivity index (χ0) is 15.6. The zero-order valence-corrected chi connectivity index (χ0v) is 14.1. The molecule has 1 aliphatic heterocycles. The number of nitrogens with one attached hydrogen (secondary N) is 1. The van der Waals surface area contributed by atoms with Gasteiger partial charge in [0.2, 0.25) is 10.0 Å².